The number of benzodiazepines with no additional fused rings is 1. The lowest BCUT2D eigenvalue weighted by atomic mass is 10.0. The SMILES string of the molecule is O=C(N[C@H]1N=C(c2ccccc2)c2cccc(F)c2NC1=O)c1c(-c2ccccc2F)nn2c1OCC(N1CCOCC1)CC2. The number of amides is 2. The summed E-state index contributed by atoms with van der Waals surface area (Å²) in [6.45, 7) is 3.53. The number of halogens is 2. The molecule has 2 amide bonds. The maximum absolute atomic E-state index is 15.1. The second-order valence-corrected chi connectivity index (χ2v) is 11.0. The molecule has 3 aromatic carbocycles. The third-order valence-corrected chi connectivity index (χ3v) is 8.25. The van der Waals surface area contributed by atoms with Crippen molar-refractivity contribution in [2.24, 2.45) is 4.99 Å². The van der Waals surface area contributed by atoms with Gasteiger partial charge in [-0.25, -0.2) is 18.5 Å². The number of ether oxygens (including phenoxy) is 2. The van der Waals surface area contributed by atoms with Crippen LogP contribution in [0.2, 0.25) is 0 Å². The third-order valence-electron chi connectivity index (χ3n) is 8.25. The lowest BCUT2D eigenvalue weighted by molar-refractivity contribution is -0.117. The molecule has 7 rings (SSSR count). The minimum Gasteiger partial charge on any atom is -0.476 e. The van der Waals surface area contributed by atoms with Gasteiger partial charge in [0.15, 0.2) is 0 Å². The molecule has 10 nitrogen and oxygen atoms in total. The Morgan fingerprint density at radius 1 is 0.911 bits per heavy atom. The molecular formula is C33H30F2N6O4. The van der Waals surface area contributed by atoms with Crippen molar-refractivity contribution in [1.82, 2.24) is 20.0 Å². The van der Waals surface area contributed by atoms with E-state index in [0.29, 0.717) is 43.0 Å². The molecule has 0 saturated carbocycles. The minimum absolute atomic E-state index is 0.0140. The first-order valence-corrected chi connectivity index (χ1v) is 14.8. The molecule has 1 saturated heterocycles. The molecule has 0 spiro atoms. The summed E-state index contributed by atoms with van der Waals surface area (Å²) >= 11 is 0. The summed E-state index contributed by atoms with van der Waals surface area (Å²) in [6, 6.07) is 19.5. The van der Waals surface area contributed by atoms with Gasteiger partial charge in [-0.05, 0) is 24.6 Å². The van der Waals surface area contributed by atoms with E-state index in [-0.39, 0.29) is 41.0 Å². The molecule has 45 heavy (non-hydrogen) atoms. The number of carbonyl (C=O) groups is 2. The molecule has 4 aromatic rings. The molecule has 0 bridgehead atoms. The Balaban J connectivity index is 1.27. The lowest BCUT2D eigenvalue weighted by Gasteiger charge is -2.33. The Morgan fingerprint density at radius 3 is 2.44 bits per heavy atom. The fourth-order valence-corrected chi connectivity index (χ4v) is 5.97. The van der Waals surface area contributed by atoms with Crippen molar-refractivity contribution in [1.29, 1.82) is 0 Å². The van der Waals surface area contributed by atoms with Gasteiger partial charge in [0, 0.05) is 42.4 Å². The Kier molecular flexibility index (Phi) is 7.82. The molecule has 0 aliphatic carbocycles. The van der Waals surface area contributed by atoms with E-state index in [0.717, 1.165) is 13.1 Å². The summed E-state index contributed by atoms with van der Waals surface area (Å²) in [7, 11) is 0. The van der Waals surface area contributed by atoms with Crippen LogP contribution >= 0.6 is 0 Å². The van der Waals surface area contributed by atoms with Crippen molar-refractivity contribution in [2.75, 3.05) is 38.2 Å². The minimum atomic E-state index is -1.45. The molecule has 4 heterocycles. The van der Waals surface area contributed by atoms with Gasteiger partial charge >= 0.3 is 0 Å². The van der Waals surface area contributed by atoms with Gasteiger partial charge in [-0.1, -0.05) is 54.6 Å². The van der Waals surface area contributed by atoms with Crippen molar-refractivity contribution >= 4 is 23.2 Å². The number of aliphatic imine (C=N–C) groups is 1. The van der Waals surface area contributed by atoms with Gasteiger partial charge in [-0.3, -0.25) is 14.5 Å². The first-order valence-electron chi connectivity index (χ1n) is 14.8. The van der Waals surface area contributed by atoms with Crippen LogP contribution in [0.3, 0.4) is 0 Å². The predicted molar refractivity (Wildman–Crippen MR) is 162 cm³/mol. The van der Waals surface area contributed by atoms with E-state index in [1.165, 1.54) is 24.3 Å². The number of hydrogen-bond acceptors (Lipinski definition) is 7. The fourth-order valence-electron chi connectivity index (χ4n) is 5.97. The van der Waals surface area contributed by atoms with Crippen molar-refractivity contribution in [2.45, 2.75) is 25.2 Å². The summed E-state index contributed by atoms with van der Waals surface area (Å²) in [5.41, 5.74) is 1.47. The first-order chi connectivity index (χ1) is 22.0. The van der Waals surface area contributed by atoms with E-state index in [2.05, 4.69) is 25.6 Å². The van der Waals surface area contributed by atoms with Crippen LogP contribution in [0.5, 0.6) is 5.88 Å². The van der Waals surface area contributed by atoms with Crippen LogP contribution in [-0.2, 0) is 16.1 Å². The highest BCUT2D eigenvalue weighted by Gasteiger charge is 2.35. The number of hydrogen-bond donors (Lipinski definition) is 2. The number of morpholine rings is 1. The fraction of sp³-hybridized carbons (Fsp3) is 0.273. The van der Waals surface area contributed by atoms with E-state index in [4.69, 9.17) is 9.47 Å². The average molecular weight is 613 g/mol. The first kappa shape index (κ1) is 28.8. The van der Waals surface area contributed by atoms with Crippen molar-refractivity contribution in [3.8, 4) is 17.1 Å². The van der Waals surface area contributed by atoms with Crippen LogP contribution in [0.15, 0.2) is 77.8 Å². The summed E-state index contributed by atoms with van der Waals surface area (Å²) < 4.78 is 43.4. The van der Waals surface area contributed by atoms with Crippen molar-refractivity contribution in [3.63, 3.8) is 0 Å². The van der Waals surface area contributed by atoms with E-state index in [1.807, 2.05) is 6.07 Å². The zero-order valence-corrected chi connectivity index (χ0v) is 24.2. The van der Waals surface area contributed by atoms with Crippen LogP contribution in [0.1, 0.15) is 27.9 Å². The van der Waals surface area contributed by atoms with Gasteiger partial charge in [0.1, 0.15) is 29.5 Å². The molecule has 230 valence electrons. The average Bonchev–Trinajstić information content (AvgIpc) is 3.20. The number of nitrogens with one attached hydrogen (secondary N) is 2. The number of aromatic nitrogens is 2. The maximum Gasteiger partial charge on any atom is 0.269 e. The van der Waals surface area contributed by atoms with Gasteiger partial charge in [-0.15, -0.1) is 0 Å². The summed E-state index contributed by atoms with van der Waals surface area (Å²) in [5.74, 6) is -2.49. The van der Waals surface area contributed by atoms with E-state index in [9.17, 15) is 14.0 Å². The molecule has 0 radical (unpaired) electrons. The van der Waals surface area contributed by atoms with E-state index >= 15 is 4.39 Å². The number of para-hydroxylation sites is 1. The van der Waals surface area contributed by atoms with Crippen LogP contribution in [0.4, 0.5) is 14.5 Å². The van der Waals surface area contributed by atoms with E-state index < -0.39 is 29.6 Å². The number of benzene rings is 3. The Labute approximate surface area is 257 Å². The Hall–Kier alpha value is -4.94. The molecular weight excluding hydrogens is 582 g/mol. The molecule has 3 aliphatic heterocycles. The number of anilines is 1. The van der Waals surface area contributed by atoms with Crippen LogP contribution < -0.4 is 15.4 Å². The number of nitrogens with zero attached hydrogens (tertiary/aromatic N) is 4. The number of carbonyl (C=O) groups excluding carboxylic acids is 2. The van der Waals surface area contributed by atoms with Crippen LogP contribution in [-0.4, -0.2) is 77.3 Å². The summed E-state index contributed by atoms with van der Waals surface area (Å²) in [5, 5.41) is 9.93. The van der Waals surface area contributed by atoms with Gasteiger partial charge in [0.25, 0.3) is 11.8 Å². The smallest absolute Gasteiger partial charge is 0.269 e. The van der Waals surface area contributed by atoms with E-state index in [1.54, 1.807) is 47.1 Å². The van der Waals surface area contributed by atoms with Crippen LogP contribution in [0, 0.1) is 11.6 Å². The largest absolute Gasteiger partial charge is 0.476 e. The predicted octanol–water partition coefficient (Wildman–Crippen LogP) is 3.86. The van der Waals surface area contributed by atoms with Crippen molar-refractivity contribution < 1.29 is 27.8 Å². The second kappa shape index (κ2) is 12.2. The number of fused-ring (bicyclic) bond motifs is 2. The number of aryl methyl sites for hydroxylation is 1. The highest BCUT2D eigenvalue weighted by atomic mass is 19.1. The van der Waals surface area contributed by atoms with Gasteiger partial charge in [-0.2, -0.15) is 5.10 Å². The van der Waals surface area contributed by atoms with Crippen molar-refractivity contribution in [3.05, 3.63) is 101 Å². The van der Waals surface area contributed by atoms with Gasteiger partial charge in [0.05, 0.1) is 24.6 Å². The molecule has 12 heteroatoms. The Bertz CT molecular complexity index is 1790. The monoisotopic (exact) mass is 612 g/mol. The highest BCUT2D eigenvalue weighted by molar-refractivity contribution is 6.20. The zero-order valence-electron chi connectivity index (χ0n) is 24.2. The molecule has 2 atom stereocenters. The summed E-state index contributed by atoms with van der Waals surface area (Å²) in [4.78, 5) is 34.5. The molecule has 1 unspecified atom stereocenters. The van der Waals surface area contributed by atoms with Gasteiger partial charge in [0.2, 0.25) is 12.0 Å². The quantitative estimate of drug-likeness (QED) is 0.355. The Morgan fingerprint density at radius 2 is 1.64 bits per heavy atom. The molecule has 2 N–H and O–H groups in total. The van der Waals surface area contributed by atoms with Crippen LogP contribution in [0.25, 0.3) is 11.3 Å². The summed E-state index contributed by atoms with van der Waals surface area (Å²) in [6.07, 6.45) is -0.748. The maximum atomic E-state index is 15.1. The molecule has 1 fully saturated rings. The molecule has 1 aromatic heterocycles. The topological polar surface area (TPSA) is 110 Å². The molecule has 3 aliphatic rings. The third kappa shape index (κ3) is 5.58. The standard InChI is InChI=1S/C33H30F2N6O4/c34-24-11-5-4-9-22(24)29-26(33-41(39-29)14-13-21(19-45-33)40-15-17-44-18-16-40)31(42)38-30-32(43)37-28-23(10-6-12-25(28)35)27(36-30)20-7-2-1-3-8-20/h1-12,21,30H,13-19H2,(H,37,43)(H,38,42)/t21?,30-/m1/s1. The highest BCUT2D eigenvalue weighted by Crippen LogP contribution is 2.35. The second-order valence-electron chi connectivity index (χ2n) is 11.0. The zero-order chi connectivity index (χ0) is 30.9. The normalized spacial score (nSPS) is 20.0. The lowest BCUT2D eigenvalue weighted by Crippen LogP contribution is -2.46. The van der Waals surface area contributed by atoms with Gasteiger partial charge < -0.3 is 20.1 Å². The number of rotatable bonds is 5.